The van der Waals surface area contributed by atoms with Crippen LogP contribution >= 0.6 is 0 Å². The molecule has 1 aromatic heterocycles. The third-order valence-corrected chi connectivity index (χ3v) is 5.60. The maximum absolute atomic E-state index is 5.52. The van der Waals surface area contributed by atoms with Crippen LogP contribution in [0, 0.1) is 11.8 Å². The van der Waals surface area contributed by atoms with Crippen molar-refractivity contribution < 1.29 is 9.26 Å². The molecule has 0 N–H and O–H groups in total. The Labute approximate surface area is 143 Å². The van der Waals surface area contributed by atoms with E-state index in [0.717, 1.165) is 38.1 Å². The summed E-state index contributed by atoms with van der Waals surface area (Å²) in [5.41, 5.74) is 1.23. The highest BCUT2D eigenvalue weighted by atomic mass is 16.5. The molecule has 2 fully saturated rings. The van der Waals surface area contributed by atoms with Gasteiger partial charge in [0.15, 0.2) is 6.33 Å². The molecule has 0 bridgehead atoms. The van der Waals surface area contributed by atoms with Gasteiger partial charge in [-0.2, -0.15) is 4.98 Å². The number of aromatic nitrogens is 2. The van der Waals surface area contributed by atoms with E-state index < -0.39 is 0 Å². The highest BCUT2D eigenvalue weighted by Crippen LogP contribution is 2.36. The van der Waals surface area contributed by atoms with Gasteiger partial charge in [0.05, 0.1) is 0 Å². The standard InChI is InChI=1S/C19H25N3O2/c1-2-4-17(5-3-1)18(19-20-14-21-24-19)22-10-6-15(7-11-22)16-8-12-23-13-9-16/h1-5,14-16,18H,6-13H2. The predicted molar refractivity (Wildman–Crippen MR) is 90.4 cm³/mol. The van der Waals surface area contributed by atoms with E-state index in [1.54, 1.807) is 0 Å². The molecule has 1 unspecified atom stereocenters. The highest BCUT2D eigenvalue weighted by Gasteiger charge is 2.33. The van der Waals surface area contributed by atoms with Crippen LogP contribution in [-0.2, 0) is 4.74 Å². The van der Waals surface area contributed by atoms with Crippen molar-refractivity contribution in [2.75, 3.05) is 26.3 Å². The monoisotopic (exact) mass is 327 g/mol. The number of nitrogens with zero attached hydrogens (tertiary/aromatic N) is 3. The first-order chi connectivity index (χ1) is 11.9. The molecule has 3 heterocycles. The van der Waals surface area contributed by atoms with Crippen LogP contribution in [0.3, 0.4) is 0 Å². The van der Waals surface area contributed by atoms with E-state index in [1.807, 2.05) is 6.07 Å². The fraction of sp³-hybridized carbons (Fsp3) is 0.579. The van der Waals surface area contributed by atoms with E-state index in [1.165, 1.54) is 37.6 Å². The van der Waals surface area contributed by atoms with E-state index in [4.69, 9.17) is 9.26 Å². The quantitative estimate of drug-likeness (QED) is 0.862. The second-order valence-corrected chi connectivity index (χ2v) is 6.92. The second kappa shape index (κ2) is 7.45. The van der Waals surface area contributed by atoms with Gasteiger partial charge in [-0.1, -0.05) is 35.5 Å². The number of piperidine rings is 1. The first kappa shape index (κ1) is 15.8. The number of ether oxygens (including phenoxy) is 1. The topological polar surface area (TPSA) is 51.4 Å². The van der Waals surface area contributed by atoms with Gasteiger partial charge in [-0.15, -0.1) is 0 Å². The molecular weight excluding hydrogens is 302 g/mol. The average Bonchev–Trinajstić information content (AvgIpc) is 3.18. The molecule has 2 aliphatic heterocycles. The molecular formula is C19H25N3O2. The molecule has 4 rings (SSSR count). The molecule has 0 aliphatic carbocycles. The van der Waals surface area contributed by atoms with Crippen molar-refractivity contribution in [3.63, 3.8) is 0 Å². The van der Waals surface area contributed by atoms with Crippen LogP contribution in [0.15, 0.2) is 41.2 Å². The van der Waals surface area contributed by atoms with Gasteiger partial charge in [-0.25, -0.2) is 0 Å². The zero-order valence-corrected chi connectivity index (χ0v) is 14.0. The minimum absolute atomic E-state index is 0.0735. The molecule has 5 nitrogen and oxygen atoms in total. The van der Waals surface area contributed by atoms with Crippen LogP contribution in [0.4, 0.5) is 0 Å². The van der Waals surface area contributed by atoms with Crippen molar-refractivity contribution >= 4 is 0 Å². The summed E-state index contributed by atoms with van der Waals surface area (Å²) in [6.07, 6.45) is 6.47. The lowest BCUT2D eigenvalue weighted by molar-refractivity contribution is 0.0252. The van der Waals surface area contributed by atoms with Crippen molar-refractivity contribution in [3.05, 3.63) is 48.1 Å². The predicted octanol–water partition coefficient (Wildman–Crippen LogP) is 3.30. The summed E-state index contributed by atoms with van der Waals surface area (Å²) in [5, 5.41) is 3.83. The molecule has 0 spiro atoms. The van der Waals surface area contributed by atoms with Gasteiger partial charge >= 0.3 is 0 Å². The molecule has 2 aromatic rings. The van der Waals surface area contributed by atoms with Crippen LogP contribution in [0.2, 0.25) is 0 Å². The number of rotatable bonds is 4. The van der Waals surface area contributed by atoms with Crippen LogP contribution in [0.25, 0.3) is 0 Å². The third kappa shape index (κ3) is 3.37. The molecule has 0 amide bonds. The van der Waals surface area contributed by atoms with Crippen LogP contribution in [0.1, 0.15) is 43.2 Å². The first-order valence-electron chi connectivity index (χ1n) is 9.05. The molecule has 0 radical (unpaired) electrons. The molecule has 1 atom stereocenters. The molecule has 2 aliphatic rings. The Balaban J connectivity index is 1.47. The summed E-state index contributed by atoms with van der Waals surface area (Å²) in [7, 11) is 0. The normalized spacial score (nSPS) is 22.5. The van der Waals surface area contributed by atoms with Crippen LogP contribution in [-0.4, -0.2) is 41.3 Å². The zero-order valence-electron chi connectivity index (χ0n) is 14.0. The molecule has 0 saturated carbocycles. The van der Waals surface area contributed by atoms with Gasteiger partial charge in [-0.05, 0) is 56.2 Å². The van der Waals surface area contributed by atoms with E-state index in [-0.39, 0.29) is 6.04 Å². The summed E-state index contributed by atoms with van der Waals surface area (Å²) in [6.45, 7) is 4.06. The number of benzene rings is 1. The first-order valence-corrected chi connectivity index (χ1v) is 9.05. The fourth-order valence-electron chi connectivity index (χ4n) is 4.28. The van der Waals surface area contributed by atoms with Gasteiger partial charge in [0, 0.05) is 13.2 Å². The lowest BCUT2D eigenvalue weighted by Crippen LogP contribution is -2.40. The highest BCUT2D eigenvalue weighted by molar-refractivity contribution is 5.24. The minimum Gasteiger partial charge on any atom is -0.381 e. The summed E-state index contributed by atoms with van der Waals surface area (Å²) >= 11 is 0. The minimum atomic E-state index is 0.0735. The van der Waals surface area contributed by atoms with E-state index in [0.29, 0.717) is 5.89 Å². The maximum atomic E-state index is 5.52. The van der Waals surface area contributed by atoms with Crippen molar-refractivity contribution in [3.8, 4) is 0 Å². The Hall–Kier alpha value is -1.72. The number of hydrogen-bond donors (Lipinski definition) is 0. The molecule has 128 valence electrons. The van der Waals surface area contributed by atoms with Gasteiger partial charge in [0.25, 0.3) is 0 Å². The van der Waals surface area contributed by atoms with Gasteiger partial charge in [-0.3, -0.25) is 4.90 Å². The summed E-state index contributed by atoms with van der Waals surface area (Å²) < 4.78 is 10.9. The Morgan fingerprint density at radius 1 is 0.958 bits per heavy atom. The number of likely N-dealkylation sites (tertiary alicyclic amines) is 1. The Morgan fingerprint density at radius 2 is 1.67 bits per heavy atom. The summed E-state index contributed by atoms with van der Waals surface area (Å²) in [6, 6.07) is 10.6. The average molecular weight is 327 g/mol. The van der Waals surface area contributed by atoms with Crippen LogP contribution < -0.4 is 0 Å². The van der Waals surface area contributed by atoms with Gasteiger partial charge in [0.2, 0.25) is 5.89 Å². The summed E-state index contributed by atoms with van der Waals surface area (Å²) in [4.78, 5) is 6.84. The zero-order chi connectivity index (χ0) is 16.2. The Kier molecular flexibility index (Phi) is 4.90. The second-order valence-electron chi connectivity index (χ2n) is 6.92. The van der Waals surface area contributed by atoms with Crippen LogP contribution in [0.5, 0.6) is 0 Å². The van der Waals surface area contributed by atoms with E-state index >= 15 is 0 Å². The fourth-order valence-corrected chi connectivity index (χ4v) is 4.28. The SMILES string of the molecule is c1ccc(C(c2ncno2)N2CCC(C3CCOCC3)CC2)cc1. The molecule has 1 aromatic carbocycles. The smallest absolute Gasteiger partial charge is 0.248 e. The van der Waals surface area contributed by atoms with Gasteiger partial charge < -0.3 is 9.26 Å². The summed E-state index contributed by atoms with van der Waals surface area (Å²) in [5.74, 6) is 2.38. The van der Waals surface area contributed by atoms with Crippen molar-refractivity contribution in [1.82, 2.24) is 15.0 Å². The van der Waals surface area contributed by atoms with E-state index in [9.17, 15) is 0 Å². The maximum Gasteiger partial charge on any atom is 0.248 e. The number of hydrogen-bond acceptors (Lipinski definition) is 5. The van der Waals surface area contributed by atoms with Crippen molar-refractivity contribution in [1.29, 1.82) is 0 Å². The largest absolute Gasteiger partial charge is 0.381 e. The van der Waals surface area contributed by atoms with E-state index in [2.05, 4.69) is 39.3 Å². The Morgan fingerprint density at radius 3 is 2.33 bits per heavy atom. The lowest BCUT2D eigenvalue weighted by Gasteiger charge is -2.40. The molecule has 5 heteroatoms. The third-order valence-electron chi connectivity index (χ3n) is 5.60. The lowest BCUT2D eigenvalue weighted by atomic mass is 9.79. The van der Waals surface area contributed by atoms with Crippen molar-refractivity contribution in [2.45, 2.75) is 31.7 Å². The Bertz CT molecular complexity index is 603. The molecule has 24 heavy (non-hydrogen) atoms. The van der Waals surface area contributed by atoms with Gasteiger partial charge in [0.1, 0.15) is 6.04 Å². The van der Waals surface area contributed by atoms with Crippen molar-refractivity contribution in [2.24, 2.45) is 11.8 Å². The molecule has 2 saturated heterocycles.